The van der Waals surface area contributed by atoms with Crippen molar-refractivity contribution in [3.05, 3.63) is 76.3 Å². The molecule has 0 aromatic heterocycles. The zero-order chi connectivity index (χ0) is 16.7. The van der Waals surface area contributed by atoms with Gasteiger partial charge >= 0.3 is 0 Å². The Morgan fingerprint density at radius 3 is 2.17 bits per heavy atom. The molecule has 114 valence electrons. The Labute approximate surface area is 136 Å². The van der Waals surface area contributed by atoms with Crippen LogP contribution in [-0.2, 0) is 5.75 Å². The predicted octanol–water partition coefficient (Wildman–Crippen LogP) is 4.57. The Kier molecular flexibility index (Phi) is 5.74. The molecule has 0 aliphatic carbocycles. The smallest absolute Gasteiger partial charge is 0.159 e. The number of thioether (sulfide) groups is 1. The lowest BCUT2D eigenvalue weighted by molar-refractivity contribution is 0.617. The summed E-state index contributed by atoms with van der Waals surface area (Å²) in [5, 5.41) is 21.0. The number of hydrogen-bond donors (Lipinski definition) is 1. The summed E-state index contributed by atoms with van der Waals surface area (Å²) in [5.74, 6) is -0.677. The Balaban J connectivity index is 2.25. The lowest BCUT2D eigenvalue weighted by Gasteiger charge is -2.12. The molecule has 0 radical (unpaired) electrons. The van der Waals surface area contributed by atoms with E-state index in [1.54, 1.807) is 36.4 Å². The summed E-state index contributed by atoms with van der Waals surface area (Å²) in [6.07, 6.45) is 0. The number of benzene rings is 2. The SMILES string of the molecule is N#CC(C#N)=C(Nc1ccccc1F)SCc1ccccc1F. The molecule has 6 heteroatoms. The number of rotatable bonds is 5. The topological polar surface area (TPSA) is 59.6 Å². The summed E-state index contributed by atoms with van der Waals surface area (Å²) in [7, 11) is 0. The summed E-state index contributed by atoms with van der Waals surface area (Å²) < 4.78 is 27.4. The minimum atomic E-state index is -0.508. The van der Waals surface area contributed by atoms with Crippen molar-refractivity contribution in [2.45, 2.75) is 5.75 Å². The summed E-state index contributed by atoms with van der Waals surface area (Å²) in [6.45, 7) is 0. The average Bonchev–Trinajstić information content (AvgIpc) is 2.56. The molecule has 2 aromatic carbocycles. The van der Waals surface area contributed by atoms with Crippen LogP contribution in [0.3, 0.4) is 0 Å². The highest BCUT2D eigenvalue weighted by molar-refractivity contribution is 8.02. The van der Waals surface area contributed by atoms with E-state index >= 15 is 0 Å². The van der Waals surface area contributed by atoms with E-state index in [0.717, 1.165) is 11.8 Å². The average molecular weight is 327 g/mol. The van der Waals surface area contributed by atoms with Crippen molar-refractivity contribution in [1.82, 2.24) is 0 Å². The highest BCUT2D eigenvalue weighted by Gasteiger charge is 2.12. The first-order valence-electron chi connectivity index (χ1n) is 6.58. The van der Waals surface area contributed by atoms with Crippen molar-refractivity contribution >= 4 is 17.4 Å². The fraction of sp³-hybridized carbons (Fsp3) is 0.0588. The second-order valence-electron chi connectivity index (χ2n) is 4.41. The number of anilines is 1. The summed E-state index contributed by atoms with van der Waals surface area (Å²) in [5.41, 5.74) is 0.390. The quantitative estimate of drug-likeness (QED) is 0.817. The third-order valence-electron chi connectivity index (χ3n) is 2.90. The third kappa shape index (κ3) is 4.32. The molecule has 0 fully saturated rings. The molecular formula is C17H11F2N3S. The van der Waals surface area contributed by atoms with Crippen molar-refractivity contribution in [3.63, 3.8) is 0 Å². The highest BCUT2D eigenvalue weighted by Crippen LogP contribution is 2.28. The van der Waals surface area contributed by atoms with Crippen molar-refractivity contribution in [1.29, 1.82) is 10.5 Å². The zero-order valence-electron chi connectivity index (χ0n) is 11.9. The molecule has 2 aromatic rings. The second-order valence-corrected chi connectivity index (χ2v) is 5.40. The van der Waals surface area contributed by atoms with Gasteiger partial charge < -0.3 is 5.32 Å². The van der Waals surface area contributed by atoms with Gasteiger partial charge in [-0.1, -0.05) is 30.3 Å². The van der Waals surface area contributed by atoms with E-state index in [1.165, 1.54) is 24.3 Å². The first-order chi connectivity index (χ1) is 11.2. The molecule has 0 bridgehead atoms. The largest absolute Gasteiger partial charge is 0.346 e. The van der Waals surface area contributed by atoms with Crippen LogP contribution in [0.2, 0.25) is 0 Å². The van der Waals surface area contributed by atoms with E-state index in [2.05, 4.69) is 5.32 Å². The van der Waals surface area contributed by atoms with Gasteiger partial charge in [-0.05, 0) is 23.8 Å². The highest BCUT2D eigenvalue weighted by atomic mass is 32.2. The van der Waals surface area contributed by atoms with Gasteiger partial charge in [0, 0.05) is 5.75 Å². The van der Waals surface area contributed by atoms with Crippen LogP contribution in [0.5, 0.6) is 0 Å². The van der Waals surface area contributed by atoms with Crippen LogP contribution in [0.15, 0.2) is 59.1 Å². The molecule has 0 unspecified atom stereocenters. The number of hydrogen-bond acceptors (Lipinski definition) is 4. The number of nitriles is 2. The molecule has 0 spiro atoms. The maximum Gasteiger partial charge on any atom is 0.159 e. The summed E-state index contributed by atoms with van der Waals surface area (Å²) >= 11 is 1.07. The van der Waals surface area contributed by atoms with Crippen LogP contribution in [-0.4, -0.2) is 0 Å². The molecule has 0 amide bonds. The zero-order valence-corrected chi connectivity index (χ0v) is 12.7. The van der Waals surface area contributed by atoms with Gasteiger partial charge in [0.15, 0.2) is 5.57 Å². The van der Waals surface area contributed by atoms with Gasteiger partial charge in [-0.15, -0.1) is 11.8 Å². The van der Waals surface area contributed by atoms with Crippen molar-refractivity contribution in [2.75, 3.05) is 5.32 Å². The van der Waals surface area contributed by atoms with E-state index in [-0.39, 0.29) is 27.9 Å². The van der Waals surface area contributed by atoms with E-state index in [9.17, 15) is 8.78 Å². The number of nitrogens with zero attached hydrogens (tertiary/aromatic N) is 2. The van der Waals surface area contributed by atoms with E-state index in [4.69, 9.17) is 10.5 Å². The van der Waals surface area contributed by atoms with Crippen LogP contribution in [0.4, 0.5) is 14.5 Å². The van der Waals surface area contributed by atoms with Crippen molar-refractivity contribution in [3.8, 4) is 12.1 Å². The molecule has 3 nitrogen and oxygen atoms in total. The third-order valence-corrected chi connectivity index (χ3v) is 3.95. The van der Waals surface area contributed by atoms with E-state index in [0.29, 0.717) is 5.56 Å². The molecule has 0 aliphatic rings. The van der Waals surface area contributed by atoms with Gasteiger partial charge in [0.1, 0.15) is 28.8 Å². The maximum absolute atomic E-state index is 13.7. The number of nitrogens with one attached hydrogen (secondary N) is 1. The van der Waals surface area contributed by atoms with Crippen molar-refractivity contribution < 1.29 is 8.78 Å². The minimum absolute atomic E-state index is 0.145. The number of halogens is 2. The predicted molar refractivity (Wildman–Crippen MR) is 86.0 cm³/mol. The van der Waals surface area contributed by atoms with Crippen LogP contribution in [0, 0.1) is 34.3 Å². The molecule has 0 aliphatic heterocycles. The maximum atomic E-state index is 13.7. The number of allylic oxidation sites excluding steroid dienone is 1. The fourth-order valence-electron chi connectivity index (χ4n) is 1.75. The first kappa shape index (κ1) is 16.5. The van der Waals surface area contributed by atoms with Gasteiger partial charge in [0.05, 0.1) is 5.69 Å². The standard InChI is InChI=1S/C17H11F2N3S/c18-14-6-2-1-5-12(14)11-23-17(13(9-20)10-21)22-16-8-4-3-7-15(16)19/h1-8,22H,11H2. The number of para-hydroxylation sites is 1. The van der Waals surface area contributed by atoms with E-state index < -0.39 is 5.82 Å². The van der Waals surface area contributed by atoms with Crippen LogP contribution >= 0.6 is 11.8 Å². The van der Waals surface area contributed by atoms with Crippen molar-refractivity contribution in [2.24, 2.45) is 0 Å². The fourth-order valence-corrected chi connectivity index (χ4v) is 2.70. The molecule has 0 saturated carbocycles. The normalized spacial score (nSPS) is 9.57. The summed E-state index contributed by atoms with van der Waals surface area (Å²) in [4.78, 5) is 0. The van der Waals surface area contributed by atoms with Crippen LogP contribution < -0.4 is 5.32 Å². The van der Waals surface area contributed by atoms with Gasteiger partial charge in [-0.3, -0.25) is 0 Å². The lowest BCUT2D eigenvalue weighted by Crippen LogP contribution is -2.02. The van der Waals surface area contributed by atoms with Gasteiger partial charge in [-0.2, -0.15) is 10.5 Å². The Morgan fingerprint density at radius 2 is 1.57 bits per heavy atom. The van der Waals surface area contributed by atoms with Gasteiger partial charge in [-0.25, -0.2) is 8.78 Å². The monoisotopic (exact) mass is 327 g/mol. The molecular weight excluding hydrogens is 316 g/mol. The molecule has 0 saturated heterocycles. The van der Waals surface area contributed by atoms with Crippen LogP contribution in [0.25, 0.3) is 0 Å². The second kappa shape index (κ2) is 7.98. The molecule has 0 atom stereocenters. The molecule has 0 heterocycles. The molecule has 23 heavy (non-hydrogen) atoms. The molecule has 1 N–H and O–H groups in total. The van der Waals surface area contributed by atoms with E-state index in [1.807, 2.05) is 0 Å². The summed E-state index contributed by atoms with van der Waals surface area (Å²) in [6, 6.07) is 15.7. The minimum Gasteiger partial charge on any atom is -0.346 e. The Hall–Kier alpha value is -2.83. The first-order valence-corrected chi connectivity index (χ1v) is 7.56. The van der Waals surface area contributed by atoms with Crippen LogP contribution in [0.1, 0.15) is 5.56 Å². The Bertz CT molecular complexity index is 803. The Morgan fingerprint density at radius 1 is 0.957 bits per heavy atom. The van der Waals surface area contributed by atoms with Gasteiger partial charge in [0.2, 0.25) is 0 Å². The van der Waals surface area contributed by atoms with Gasteiger partial charge in [0.25, 0.3) is 0 Å². The molecule has 2 rings (SSSR count). The lowest BCUT2D eigenvalue weighted by atomic mass is 10.2.